The molecular formula is C11H20N4. The maximum atomic E-state index is 5.95. The lowest BCUT2D eigenvalue weighted by atomic mass is 9.99. The number of nitrogens with zero attached hydrogens (tertiary/aromatic N) is 3. The van der Waals surface area contributed by atoms with Crippen molar-refractivity contribution in [3.63, 3.8) is 0 Å². The highest BCUT2D eigenvalue weighted by atomic mass is 15.3. The van der Waals surface area contributed by atoms with Crippen LogP contribution in [0.2, 0.25) is 0 Å². The summed E-state index contributed by atoms with van der Waals surface area (Å²) in [5, 5.41) is 4.19. The Hall–Kier alpha value is -0.870. The van der Waals surface area contributed by atoms with Gasteiger partial charge in [0.25, 0.3) is 0 Å². The van der Waals surface area contributed by atoms with Crippen molar-refractivity contribution in [1.29, 1.82) is 0 Å². The minimum Gasteiger partial charge on any atom is -0.328 e. The minimum absolute atomic E-state index is 0.391. The van der Waals surface area contributed by atoms with Crippen molar-refractivity contribution >= 4 is 0 Å². The van der Waals surface area contributed by atoms with Gasteiger partial charge in [-0.1, -0.05) is 0 Å². The molecule has 2 atom stereocenters. The quantitative estimate of drug-likeness (QED) is 0.779. The van der Waals surface area contributed by atoms with Gasteiger partial charge in [0.15, 0.2) is 0 Å². The van der Waals surface area contributed by atoms with Gasteiger partial charge in [0.05, 0.1) is 5.69 Å². The van der Waals surface area contributed by atoms with Gasteiger partial charge in [-0.25, -0.2) is 0 Å². The van der Waals surface area contributed by atoms with Gasteiger partial charge in [0, 0.05) is 38.4 Å². The molecule has 0 aromatic carbocycles. The standard InChI is InChI=1S/C11H20N4/c1-9-7-10(12)4-6-15(9)8-11-3-5-13-14(11)2/h3,5,9-10H,4,6-8,12H2,1-2H3. The average molecular weight is 208 g/mol. The molecule has 2 rings (SSSR count). The summed E-state index contributed by atoms with van der Waals surface area (Å²) in [6.07, 6.45) is 4.08. The van der Waals surface area contributed by atoms with E-state index in [9.17, 15) is 0 Å². The summed E-state index contributed by atoms with van der Waals surface area (Å²) in [4.78, 5) is 2.49. The van der Waals surface area contributed by atoms with Gasteiger partial charge in [-0.2, -0.15) is 5.10 Å². The lowest BCUT2D eigenvalue weighted by molar-refractivity contribution is 0.136. The van der Waals surface area contributed by atoms with E-state index in [1.54, 1.807) is 0 Å². The Morgan fingerprint density at radius 2 is 2.40 bits per heavy atom. The highest BCUT2D eigenvalue weighted by Gasteiger charge is 2.23. The molecule has 0 amide bonds. The van der Waals surface area contributed by atoms with Crippen molar-refractivity contribution in [3.8, 4) is 0 Å². The van der Waals surface area contributed by atoms with E-state index in [-0.39, 0.29) is 0 Å². The molecule has 0 saturated carbocycles. The number of likely N-dealkylation sites (tertiary alicyclic amines) is 1. The van der Waals surface area contributed by atoms with Crippen molar-refractivity contribution in [2.75, 3.05) is 6.54 Å². The zero-order chi connectivity index (χ0) is 10.8. The Bertz CT molecular complexity index is 320. The molecule has 2 N–H and O–H groups in total. The fraction of sp³-hybridized carbons (Fsp3) is 0.727. The van der Waals surface area contributed by atoms with Crippen molar-refractivity contribution in [2.45, 2.75) is 38.4 Å². The molecule has 2 unspecified atom stereocenters. The van der Waals surface area contributed by atoms with Crippen LogP contribution in [0, 0.1) is 0 Å². The van der Waals surface area contributed by atoms with Crippen LogP contribution in [-0.4, -0.2) is 33.3 Å². The van der Waals surface area contributed by atoms with Crippen LogP contribution in [0.3, 0.4) is 0 Å². The predicted octanol–water partition coefficient (Wildman–Crippen LogP) is 0.732. The van der Waals surface area contributed by atoms with Crippen LogP contribution in [0.25, 0.3) is 0 Å². The van der Waals surface area contributed by atoms with E-state index in [2.05, 4.69) is 23.0 Å². The number of piperidine rings is 1. The summed E-state index contributed by atoms with van der Waals surface area (Å²) in [7, 11) is 2.00. The summed E-state index contributed by atoms with van der Waals surface area (Å²) in [6.45, 7) is 4.35. The Morgan fingerprint density at radius 1 is 1.60 bits per heavy atom. The first-order chi connectivity index (χ1) is 7.16. The average Bonchev–Trinajstić information content (AvgIpc) is 2.57. The Morgan fingerprint density at radius 3 is 3.00 bits per heavy atom. The summed E-state index contributed by atoms with van der Waals surface area (Å²) in [6, 6.07) is 3.06. The second-order valence-electron chi connectivity index (χ2n) is 4.55. The molecule has 0 radical (unpaired) electrons. The summed E-state index contributed by atoms with van der Waals surface area (Å²) >= 11 is 0. The maximum Gasteiger partial charge on any atom is 0.0521 e. The van der Waals surface area contributed by atoms with Gasteiger partial charge < -0.3 is 5.73 Å². The predicted molar refractivity (Wildman–Crippen MR) is 60.3 cm³/mol. The Labute approximate surface area is 91.1 Å². The summed E-state index contributed by atoms with van der Waals surface area (Å²) < 4.78 is 1.95. The minimum atomic E-state index is 0.391. The van der Waals surface area contributed by atoms with E-state index < -0.39 is 0 Å². The zero-order valence-corrected chi connectivity index (χ0v) is 9.56. The lowest BCUT2D eigenvalue weighted by Gasteiger charge is -2.36. The molecule has 1 saturated heterocycles. The van der Waals surface area contributed by atoms with E-state index in [1.807, 2.05) is 17.9 Å². The topological polar surface area (TPSA) is 47.1 Å². The number of nitrogens with two attached hydrogens (primary N) is 1. The molecule has 84 valence electrons. The fourth-order valence-electron chi connectivity index (χ4n) is 2.26. The molecule has 1 aromatic heterocycles. The molecule has 1 aliphatic heterocycles. The Balaban J connectivity index is 1.98. The van der Waals surface area contributed by atoms with Crippen LogP contribution in [0.5, 0.6) is 0 Å². The second kappa shape index (κ2) is 4.33. The highest BCUT2D eigenvalue weighted by Crippen LogP contribution is 2.18. The van der Waals surface area contributed by atoms with Crippen LogP contribution < -0.4 is 5.73 Å². The number of aromatic nitrogens is 2. The first-order valence-corrected chi connectivity index (χ1v) is 5.63. The van der Waals surface area contributed by atoms with Crippen LogP contribution in [-0.2, 0) is 13.6 Å². The second-order valence-corrected chi connectivity index (χ2v) is 4.55. The summed E-state index contributed by atoms with van der Waals surface area (Å²) in [5.41, 5.74) is 7.22. The van der Waals surface area contributed by atoms with Gasteiger partial charge in [0.2, 0.25) is 0 Å². The van der Waals surface area contributed by atoms with Gasteiger partial charge in [-0.05, 0) is 25.8 Å². The van der Waals surface area contributed by atoms with Crippen LogP contribution in [0.1, 0.15) is 25.5 Å². The highest BCUT2D eigenvalue weighted by molar-refractivity contribution is 5.00. The first-order valence-electron chi connectivity index (χ1n) is 5.63. The van der Waals surface area contributed by atoms with Crippen LogP contribution in [0.15, 0.2) is 12.3 Å². The van der Waals surface area contributed by atoms with Crippen molar-refractivity contribution < 1.29 is 0 Å². The number of aryl methyl sites for hydroxylation is 1. The number of hydrogen-bond donors (Lipinski definition) is 1. The third-order valence-electron chi connectivity index (χ3n) is 3.34. The largest absolute Gasteiger partial charge is 0.328 e. The van der Waals surface area contributed by atoms with E-state index in [0.717, 1.165) is 25.9 Å². The van der Waals surface area contributed by atoms with Crippen LogP contribution in [0.4, 0.5) is 0 Å². The fourth-order valence-corrected chi connectivity index (χ4v) is 2.26. The first kappa shape index (κ1) is 10.6. The van der Waals surface area contributed by atoms with E-state index >= 15 is 0 Å². The molecule has 1 aromatic rings. The molecule has 0 bridgehead atoms. The van der Waals surface area contributed by atoms with Crippen molar-refractivity contribution in [2.24, 2.45) is 12.8 Å². The summed E-state index contributed by atoms with van der Waals surface area (Å²) in [5.74, 6) is 0. The number of hydrogen-bond acceptors (Lipinski definition) is 3. The zero-order valence-electron chi connectivity index (χ0n) is 9.56. The molecule has 4 nitrogen and oxygen atoms in total. The van der Waals surface area contributed by atoms with Gasteiger partial charge in [-0.3, -0.25) is 9.58 Å². The SMILES string of the molecule is CC1CC(N)CCN1Cc1ccnn1C. The monoisotopic (exact) mass is 208 g/mol. The molecule has 0 aliphatic carbocycles. The smallest absolute Gasteiger partial charge is 0.0521 e. The molecule has 2 heterocycles. The molecular weight excluding hydrogens is 188 g/mol. The normalized spacial score (nSPS) is 28.2. The van der Waals surface area contributed by atoms with Gasteiger partial charge in [-0.15, -0.1) is 0 Å². The van der Waals surface area contributed by atoms with Gasteiger partial charge >= 0.3 is 0 Å². The number of rotatable bonds is 2. The molecule has 0 spiro atoms. The third kappa shape index (κ3) is 2.38. The van der Waals surface area contributed by atoms with E-state index in [0.29, 0.717) is 12.1 Å². The molecule has 1 aliphatic rings. The van der Waals surface area contributed by atoms with E-state index in [1.165, 1.54) is 5.69 Å². The molecule has 15 heavy (non-hydrogen) atoms. The molecule has 1 fully saturated rings. The van der Waals surface area contributed by atoms with Crippen molar-refractivity contribution in [1.82, 2.24) is 14.7 Å². The third-order valence-corrected chi connectivity index (χ3v) is 3.34. The molecule has 4 heteroatoms. The maximum absolute atomic E-state index is 5.95. The van der Waals surface area contributed by atoms with Gasteiger partial charge in [0.1, 0.15) is 0 Å². The lowest BCUT2D eigenvalue weighted by Crippen LogP contribution is -2.45. The Kier molecular flexibility index (Phi) is 3.07. The van der Waals surface area contributed by atoms with E-state index in [4.69, 9.17) is 5.73 Å². The van der Waals surface area contributed by atoms with Crippen LogP contribution >= 0.6 is 0 Å². The van der Waals surface area contributed by atoms with Crippen molar-refractivity contribution in [3.05, 3.63) is 18.0 Å².